The Bertz CT molecular complexity index is 1410. The average molecular weight is 457 g/mol. The number of hydrogen-bond donors (Lipinski definition) is 1. The van der Waals surface area contributed by atoms with Crippen molar-refractivity contribution in [1.82, 2.24) is 9.55 Å². The lowest BCUT2D eigenvalue weighted by molar-refractivity contribution is -0.139. The molecule has 172 valence electrons. The van der Waals surface area contributed by atoms with Crippen molar-refractivity contribution in [2.45, 2.75) is 12.8 Å². The zero-order valence-corrected chi connectivity index (χ0v) is 19.2. The summed E-state index contributed by atoms with van der Waals surface area (Å²) in [5, 5.41) is 10.1. The predicted octanol–water partition coefficient (Wildman–Crippen LogP) is 2.78. The van der Waals surface area contributed by atoms with Crippen molar-refractivity contribution in [2.24, 2.45) is 12.8 Å². The summed E-state index contributed by atoms with van der Waals surface area (Å²) in [5.41, 5.74) is 9.07. The number of nitriles is 1. The molecule has 9 nitrogen and oxygen atoms in total. The Balaban J connectivity index is 2.06. The molecule has 0 bridgehead atoms. The molecule has 3 aromatic rings. The smallest absolute Gasteiger partial charge is 0.355 e. The van der Waals surface area contributed by atoms with Crippen LogP contribution in [0.25, 0.3) is 11.0 Å². The van der Waals surface area contributed by atoms with Gasteiger partial charge >= 0.3 is 11.9 Å². The van der Waals surface area contributed by atoms with Gasteiger partial charge in [0.05, 0.1) is 54.1 Å². The van der Waals surface area contributed by atoms with E-state index < -0.39 is 17.9 Å². The minimum atomic E-state index is -0.912. The van der Waals surface area contributed by atoms with Crippen molar-refractivity contribution in [2.75, 3.05) is 19.1 Å². The van der Waals surface area contributed by atoms with Gasteiger partial charge in [0.1, 0.15) is 17.3 Å². The van der Waals surface area contributed by atoms with Crippen molar-refractivity contribution in [3.63, 3.8) is 0 Å². The second-order valence-corrected chi connectivity index (χ2v) is 7.73. The van der Waals surface area contributed by atoms with Crippen molar-refractivity contribution < 1.29 is 19.1 Å². The number of allylic oxidation sites excluding steroid dienone is 1. The maximum Gasteiger partial charge on any atom is 0.355 e. The van der Waals surface area contributed by atoms with E-state index in [1.165, 1.54) is 19.1 Å². The number of imidazole rings is 1. The third kappa shape index (κ3) is 3.46. The Kier molecular flexibility index (Phi) is 5.82. The highest BCUT2D eigenvalue weighted by Gasteiger charge is 2.43. The van der Waals surface area contributed by atoms with Crippen LogP contribution in [0.3, 0.4) is 0 Å². The number of ether oxygens (including phenoxy) is 2. The third-order valence-electron chi connectivity index (χ3n) is 5.96. The van der Waals surface area contributed by atoms with Gasteiger partial charge in [-0.3, -0.25) is 4.90 Å². The second kappa shape index (κ2) is 8.75. The summed E-state index contributed by atoms with van der Waals surface area (Å²) < 4.78 is 12.0. The van der Waals surface area contributed by atoms with E-state index in [4.69, 9.17) is 15.2 Å². The van der Waals surface area contributed by atoms with Gasteiger partial charge in [0, 0.05) is 7.05 Å². The normalized spacial score (nSPS) is 16.0. The molecule has 4 rings (SSSR count). The monoisotopic (exact) mass is 457 g/mol. The van der Waals surface area contributed by atoms with Gasteiger partial charge in [-0.1, -0.05) is 30.3 Å². The van der Waals surface area contributed by atoms with E-state index in [0.29, 0.717) is 16.8 Å². The molecule has 2 heterocycles. The summed E-state index contributed by atoms with van der Waals surface area (Å²) in [6.45, 7) is 1.88. The van der Waals surface area contributed by atoms with E-state index in [1.807, 2.05) is 30.7 Å². The maximum atomic E-state index is 13.1. The molecule has 1 unspecified atom stereocenters. The molecule has 0 aliphatic carbocycles. The molecule has 1 aromatic heterocycles. The summed E-state index contributed by atoms with van der Waals surface area (Å²) in [5.74, 6) is -1.66. The molecule has 0 saturated carbocycles. The summed E-state index contributed by atoms with van der Waals surface area (Å²) >= 11 is 0. The number of carbonyl (C=O) groups excluding carboxylic acids is 2. The molecule has 0 fully saturated rings. The van der Waals surface area contributed by atoms with Gasteiger partial charge in [0.25, 0.3) is 0 Å². The van der Waals surface area contributed by atoms with E-state index in [0.717, 1.165) is 11.3 Å². The number of aryl methyl sites for hydroxylation is 2. The van der Waals surface area contributed by atoms with Crippen LogP contribution >= 0.6 is 0 Å². The van der Waals surface area contributed by atoms with Crippen molar-refractivity contribution in [1.29, 1.82) is 5.26 Å². The first-order valence-electron chi connectivity index (χ1n) is 10.4. The lowest BCUT2D eigenvalue weighted by Crippen LogP contribution is -2.40. The number of nitrogens with two attached hydrogens (primary N) is 1. The molecular formula is C25H23N5O4. The fourth-order valence-electron chi connectivity index (χ4n) is 4.23. The van der Waals surface area contributed by atoms with Crippen LogP contribution in [0.1, 0.15) is 17.3 Å². The number of benzene rings is 2. The number of rotatable bonds is 4. The maximum absolute atomic E-state index is 13.1. The van der Waals surface area contributed by atoms with Crippen LogP contribution in [-0.2, 0) is 26.1 Å². The van der Waals surface area contributed by atoms with Gasteiger partial charge in [0.15, 0.2) is 0 Å². The van der Waals surface area contributed by atoms with E-state index >= 15 is 0 Å². The third-order valence-corrected chi connectivity index (χ3v) is 5.96. The number of carbonyl (C=O) groups is 2. The lowest BCUT2D eigenvalue weighted by atomic mass is 9.81. The SMILES string of the molecule is COC(=O)C1=C(C(=O)OC)N(c2ccc3c(c2)nc(C)n3C)C(N)=C(C#N)C1c1ccccc1. The van der Waals surface area contributed by atoms with Crippen LogP contribution in [-0.4, -0.2) is 35.7 Å². The molecule has 0 spiro atoms. The standard InChI is InChI=1S/C25H23N5O4/c1-14-28-18-12-16(10-11-19(18)29(14)2)30-22(25(32)34-4)21(24(31)33-3)20(17(13-26)23(30)27)15-8-6-5-7-9-15/h5-12,20H,27H2,1-4H3. The zero-order valence-electron chi connectivity index (χ0n) is 19.2. The fourth-order valence-corrected chi connectivity index (χ4v) is 4.23. The largest absolute Gasteiger partial charge is 0.466 e. The van der Waals surface area contributed by atoms with Crippen LogP contribution in [0.4, 0.5) is 5.69 Å². The van der Waals surface area contributed by atoms with Crippen LogP contribution in [0.2, 0.25) is 0 Å². The molecule has 34 heavy (non-hydrogen) atoms. The van der Waals surface area contributed by atoms with Crippen molar-refractivity contribution >= 4 is 28.7 Å². The first-order chi connectivity index (χ1) is 16.3. The number of aromatic nitrogens is 2. The highest BCUT2D eigenvalue weighted by Crippen LogP contribution is 2.43. The van der Waals surface area contributed by atoms with E-state index in [2.05, 4.69) is 11.1 Å². The molecule has 2 aromatic carbocycles. The highest BCUT2D eigenvalue weighted by molar-refractivity contribution is 6.06. The first-order valence-corrected chi connectivity index (χ1v) is 10.4. The van der Waals surface area contributed by atoms with Gasteiger partial charge in [-0.2, -0.15) is 5.26 Å². The highest BCUT2D eigenvalue weighted by atomic mass is 16.5. The lowest BCUT2D eigenvalue weighted by Gasteiger charge is -2.35. The molecule has 9 heteroatoms. The van der Waals surface area contributed by atoms with Crippen LogP contribution < -0.4 is 10.6 Å². The Hall–Kier alpha value is -4.58. The Morgan fingerprint density at radius 2 is 1.76 bits per heavy atom. The van der Waals surface area contributed by atoms with Gasteiger partial charge in [0.2, 0.25) is 0 Å². The average Bonchev–Trinajstić information content (AvgIpc) is 3.15. The fraction of sp³-hybridized carbons (Fsp3) is 0.200. The molecule has 0 radical (unpaired) electrons. The second-order valence-electron chi connectivity index (χ2n) is 7.73. The number of esters is 2. The summed E-state index contributed by atoms with van der Waals surface area (Å²) in [6, 6.07) is 16.3. The Morgan fingerprint density at radius 3 is 2.38 bits per heavy atom. The van der Waals surface area contributed by atoms with Gasteiger partial charge < -0.3 is 19.8 Å². The van der Waals surface area contributed by atoms with Crippen LogP contribution in [0, 0.1) is 18.3 Å². The number of methoxy groups -OCH3 is 2. The number of hydrogen-bond acceptors (Lipinski definition) is 8. The minimum absolute atomic E-state index is 0.0106. The van der Waals surface area contributed by atoms with Crippen LogP contribution in [0.15, 0.2) is 71.2 Å². The molecule has 1 atom stereocenters. The number of nitrogens with zero attached hydrogens (tertiary/aromatic N) is 4. The van der Waals surface area contributed by atoms with Crippen molar-refractivity contribution in [3.8, 4) is 6.07 Å². The molecule has 0 saturated heterocycles. The Labute approximate surface area is 196 Å². The Morgan fingerprint density at radius 1 is 1.09 bits per heavy atom. The predicted molar refractivity (Wildman–Crippen MR) is 125 cm³/mol. The van der Waals surface area contributed by atoms with Crippen LogP contribution in [0.5, 0.6) is 0 Å². The van der Waals surface area contributed by atoms with E-state index in [-0.39, 0.29) is 22.7 Å². The van der Waals surface area contributed by atoms with Gasteiger partial charge in [-0.25, -0.2) is 14.6 Å². The quantitative estimate of drug-likeness (QED) is 0.593. The molecule has 0 amide bonds. The van der Waals surface area contributed by atoms with E-state index in [9.17, 15) is 14.9 Å². The zero-order chi connectivity index (χ0) is 24.6. The topological polar surface area (TPSA) is 123 Å². The van der Waals surface area contributed by atoms with Gasteiger partial charge in [-0.05, 0) is 30.7 Å². The molecule has 1 aliphatic rings. The van der Waals surface area contributed by atoms with Gasteiger partial charge in [-0.15, -0.1) is 0 Å². The van der Waals surface area contributed by atoms with E-state index in [1.54, 1.807) is 36.4 Å². The summed E-state index contributed by atoms with van der Waals surface area (Å²) in [6.07, 6.45) is 0. The first kappa shape index (κ1) is 22.6. The molecule has 2 N–H and O–H groups in total. The number of fused-ring (bicyclic) bond motifs is 1. The molecule has 1 aliphatic heterocycles. The summed E-state index contributed by atoms with van der Waals surface area (Å²) in [7, 11) is 4.32. The summed E-state index contributed by atoms with van der Waals surface area (Å²) in [4.78, 5) is 32.1. The number of anilines is 1. The molecular weight excluding hydrogens is 434 g/mol. The minimum Gasteiger partial charge on any atom is -0.466 e. The van der Waals surface area contributed by atoms with Crippen molar-refractivity contribution in [3.05, 3.63) is 82.6 Å².